The van der Waals surface area contributed by atoms with Crippen LogP contribution in [0.15, 0.2) is 10.1 Å². The van der Waals surface area contributed by atoms with Crippen LogP contribution in [0.2, 0.25) is 0 Å². The van der Waals surface area contributed by atoms with E-state index in [0.29, 0.717) is 0 Å². The van der Waals surface area contributed by atoms with Gasteiger partial charge < -0.3 is 5.21 Å². The first-order chi connectivity index (χ1) is 2.41. The zero-order chi connectivity index (χ0) is 4.12. The Morgan fingerprint density at radius 3 is 2.40 bits per heavy atom. The first-order valence-corrected chi connectivity index (χ1v) is 1.03. The van der Waals surface area contributed by atoms with Gasteiger partial charge in [0.1, 0.15) is 0 Å². The summed E-state index contributed by atoms with van der Waals surface area (Å²) in [5.41, 5.74) is 0. The summed E-state index contributed by atoms with van der Waals surface area (Å²) in [6, 6.07) is 0. The number of hydrogen-bond donors (Lipinski definition) is 1. The molecule has 0 rings (SSSR count). The van der Waals surface area contributed by atoms with Gasteiger partial charge in [-0.05, 0) is 6.72 Å². The van der Waals surface area contributed by atoms with Crippen LogP contribution in [0.25, 0.3) is 0 Å². The fraction of sp³-hybridized carbons (Fsp3) is 0. The zero-order valence-corrected chi connectivity index (χ0v) is 2.63. The monoisotopic (exact) mass is 72.0 g/mol. The van der Waals surface area contributed by atoms with E-state index in [9.17, 15) is 0 Å². The molecule has 0 spiro atoms. The average molecular weight is 72.1 g/mol. The van der Waals surface area contributed by atoms with Crippen LogP contribution in [-0.4, -0.2) is 18.3 Å². The predicted molar refractivity (Wildman–Crippen MR) is 19.8 cm³/mol. The maximum Gasteiger partial charge on any atom is 0.153 e. The summed E-state index contributed by atoms with van der Waals surface area (Å²) in [7, 11) is 0. The maximum atomic E-state index is 7.50. The summed E-state index contributed by atoms with van der Waals surface area (Å²) in [5, 5.41) is 10.0. The third kappa shape index (κ3) is 3.14. The van der Waals surface area contributed by atoms with Gasteiger partial charge in [-0.2, -0.15) is 0 Å². The van der Waals surface area contributed by atoms with Gasteiger partial charge in [-0.1, -0.05) is 5.16 Å². The number of aliphatic imine (C=N–C) groups is 1. The Hall–Kier alpha value is -0.860. The van der Waals surface area contributed by atoms with Crippen molar-refractivity contribution in [2.75, 3.05) is 0 Å². The smallest absolute Gasteiger partial charge is 0.153 e. The van der Waals surface area contributed by atoms with E-state index in [4.69, 9.17) is 5.21 Å². The number of nitrogens with zero attached hydrogens (tertiary/aromatic N) is 2. The highest BCUT2D eigenvalue weighted by Gasteiger charge is 1.43. The Morgan fingerprint density at radius 1 is 1.80 bits per heavy atom. The topological polar surface area (TPSA) is 45.0 Å². The first kappa shape index (κ1) is 4.14. The lowest BCUT2D eigenvalue weighted by Crippen LogP contribution is -1.55. The molecule has 1 N–H and O–H groups in total. The minimum absolute atomic E-state index is 0.944. The molecule has 0 saturated heterocycles. The lowest BCUT2D eigenvalue weighted by atomic mass is 11.3. The van der Waals surface area contributed by atoms with Crippen molar-refractivity contribution in [3.63, 3.8) is 0 Å². The average Bonchev–Trinajstić information content (AvgIpc) is 1.41. The van der Waals surface area contributed by atoms with E-state index in [-0.39, 0.29) is 0 Å². The minimum atomic E-state index is 0.944. The van der Waals surface area contributed by atoms with Crippen molar-refractivity contribution in [2.45, 2.75) is 0 Å². The van der Waals surface area contributed by atoms with E-state index in [0.717, 1.165) is 6.34 Å². The van der Waals surface area contributed by atoms with Crippen molar-refractivity contribution in [1.82, 2.24) is 0 Å². The summed E-state index contributed by atoms with van der Waals surface area (Å²) in [5.74, 6) is 0. The van der Waals surface area contributed by atoms with Gasteiger partial charge in [0.15, 0.2) is 6.34 Å². The quantitative estimate of drug-likeness (QED) is 0.203. The third-order valence-corrected chi connectivity index (χ3v) is 0.133. The van der Waals surface area contributed by atoms with Gasteiger partial charge in [0.25, 0.3) is 0 Å². The molecule has 0 saturated carbocycles. The molecule has 0 aliphatic heterocycles. The Labute approximate surface area is 29.6 Å². The van der Waals surface area contributed by atoms with Crippen LogP contribution in [0.4, 0.5) is 0 Å². The summed E-state index contributed by atoms with van der Waals surface area (Å²) in [6.07, 6.45) is 0.944. The SMILES string of the molecule is C=N/C=N\O. The Kier molecular flexibility index (Phi) is 2.60. The lowest BCUT2D eigenvalue weighted by molar-refractivity contribution is 0.321. The van der Waals surface area contributed by atoms with Gasteiger partial charge in [-0.25, -0.2) is 4.99 Å². The van der Waals surface area contributed by atoms with Crippen molar-refractivity contribution < 1.29 is 5.21 Å². The van der Waals surface area contributed by atoms with E-state index < -0.39 is 0 Å². The first-order valence-electron chi connectivity index (χ1n) is 1.03. The number of rotatable bonds is 1. The van der Waals surface area contributed by atoms with Gasteiger partial charge in [0.2, 0.25) is 0 Å². The highest BCUT2D eigenvalue weighted by atomic mass is 16.4. The van der Waals surface area contributed by atoms with E-state index in [1.54, 1.807) is 0 Å². The molecule has 0 fully saturated rings. The standard InChI is InChI=1S/C2H4N2O/c1-3-2-4-5/h2,5H,1H2/b4-2-. The molecule has 28 valence electrons. The second-order valence-electron chi connectivity index (χ2n) is 0.414. The van der Waals surface area contributed by atoms with Crippen LogP contribution in [-0.2, 0) is 0 Å². The van der Waals surface area contributed by atoms with Crippen molar-refractivity contribution in [2.24, 2.45) is 10.1 Å². The molecule has 0 unspecified atom stereocenters. The Morgan fingerprint density at radius 2 is 2.40 bits per heavy atom. The fourth-order valence-electron chi connectivity index (χ4n) is 0.0365. The molecule has 0 amide bonds. The molecule has 0 aromatic carbocycles. The Bertz CT molecular complexity index is 49.6. The van der Waals surface area contributed by atoms with Gasteiger partial charge in [0, 0.05) is 0 Å². The van der Waals surface area contributed by atoms with Gasteiger partial charge in [-0.15, -0.1) is 0 Å². The molecular weight excluding hydrogens is 68.0 g/mol. The molecule has 0 aromatic rings. The second-order valence-corrected chi connectivity index (χ2v) is 0.414. The zero-order valence-electron chi connectivity index (χ0n) is 2.63. The molecule has 3 heteroatoms. The lowest BCUT2D eigenvalue weighted by Gasteiger charge is -1.59. The van der Waals surface area contributed by atoms with Crippen LogP contribution in [0.1, 0.15) is 0 Å². The normalized spacial score (nSPS) is 8.80. The van der Waals surface area contributed by atoms with E-state index in [1.165, 1.54) is 0 Å². The van der Waals surface area contributed by atoms with E-state index >= 15 is 0 Å². The molecule has 0 heterocycles. The molecule has 5 heavy (non-hydrogen) atoms. The van der Waals surface area contributed by atoms with Crippen molar-refractivity contribution >= 4 is 13.1 Å². The largest absolute Gasteiger partial charge is 0.410 e. The summed E-state index contributed by atoms with van der Waals surface area (Å²) >= 11 is 0. The summed E-state index contributed by atoms with van der Waals surface area (Å²) < 4.78 is 0. The summed E-state index contributed by atoms with van der Waals surface area (Å²) in [4.78, 5) is 3.06. The molecule has 0 bridgehead atoms. The molecule has 0 aliphatic rings. The second kappa shape index (κ2) is 3.14. The van der Waals surface area contributed by atoms with Gasteiger partial charge in [-0.3, -0.25) is 0 Å². The molecular formula is C2H4N2O. The third-order valence-electron chi connectivity index (χ3n) is 0.133. The van der Waals surface area contributed by atoms with E-state index in [2.05, 4.69) is 16.9 Å². The molecule has 3 nitrogen and oxygen atoms in total. The highest BCUT2D eigenvalue weighted by molar-refractivity contribution is 5.60. The van der Waals surface area contributed by atoms with Crippen LogP contribution in [0.3, 0.4) is 0 Å². The maximum absolute atomic E-state index is 7.50. The van der Waals surface area contributed by atoms with Gasteiger partial charge >= 0.3 is 0 Å². The van der Waals surface area contributed by atoms with Crippen LogP contribution < -0.4 is 0 Å². The van der Waals surface area contributed by atoms with Crippen LogP contribution in [0, 0.1) is 0 Å². The summed E-state index contributed by atoms with van der Waals surface area (Å²) in [6.45, 7) is 2.99. The molecule has 0 radical (unpaired) electrons. The van der Waals surface area contributed by atoms with Crippen molar-refractivity contribution in [3.8, 4) is 0 Å². The number of hydrogen-bond acceptors (Lipinski definition) is 2. The highest BCUT2D eigenvalue weighted by Crippen LogP contribution is 1.46. The van der Waals surface area contributed by atoms with Gasteiger partial charge in [0.05, 0.1) is 0 Å². The predicted octanol–water partition coefficient (Wildman–Crippen LogP) is 0.104. The molecule has 0 aromatic heterocycles. The van der Waals surface area contributed by atoms with Crippen LogP contribution in [0.5, 0.6) is 0 Å². The number of oxime groups is 1. The van der Waals surface area contributed by atoms with Crippen molar-refractivity contribution in [3.05, 3.63) is 0 Å². The minimum Gasteiger partial charge on any atom is -0.410 e. The van der Waals surface area contributed by atoms with Crippen LogP contribution >= 0.6 is 0 Å². The molecule has 0 atom stereocenters. The van der Waals surface area contributed by atoms with E-state index in [1.807, 2.05) is 0 Å². The fourth-order valence-corrected chi connectivity index (χ4v) is 0.0365. The Balaban J connectivity index is 2.92. The molecule has 0 aliphatic carbocycles. The van der Waals surface area contributed by atoms with Crippen molar-refractivity contribution in [1.29, 1.82) is 0 Å².